The first-order valence-electron chi connectivity index (χ1n) is 18.8. The molecule has 3 rings (SSSR count). The Bertz CT molecular complexity index is 1500. The summed E-state index contributed by atoms with van der Waals surface area (Å²) in [6.45, 7) is 38.4. The van der Waals surface area contributed by atoms with Crippen molar-refractivity contribution in [3.8, 4) is 34.5 Å². The van der Waals surface area contributed by atoms with Gasteiger partial charge in [0.05, 0.1) is 0 Å². The van der Waals surface area contributed by atoms with Crippen LogP contribution in [0.25, 0.3) is 0 Å². The molecule has 0 saturated carbocycles. The first-order valence-corrected chi connectivity index (χ1v) is 20.0. The quantitative estimate of drug-likeness (QED) is 0.188. The van der Waals surface area contributed by atoms with Crippen molar-refractivity contribution in [2.24, 2.45) is 0 Å². The van der Waals surface area contributed by atoms with Gasteiger partial charge in [0.15, 0.2) is 27.9 Å². The number of carbonyl (C=O) groups is 1. The molecule has 0 amide bonds. The van der Waals surface area contributed by atoms with Crippen molar-refractivity contribution in [3.05, 3.63) is 54.6 Å². The van der Waals surface area contributed by atoms with Crippen molar-refractivity contribution in [2.45, 2.75) is 186 Å². The lowest BCUT2D eigenvalue weighted by Crippen LogP contribution is -2.29. The zero-order valence-electron chi connectivity index (χ0n) is 36.6. The average molecular weight is 769 g/mol. The van der Waals surface area contributed by atoms with E-state index in [1.165, 1.54) is 6.92 Å². The predicted octanol–water partition coefficient (Wildman–Crippen LogP) is 11.0. The predicted molar refractivity (Wildman–Crippen MR) is 219 cm³/mol. The Morgan fingerprint density at radius 3 is 0.926 bits per heavy atom. The Morgan fingerprint density at radius 2 is 0.722 bits per heavy atom. The molecule has 0 fully saturated rings. The van der Waals surface area contributed by atoms with Crippen LogP contribution in [-0.2, 0) is 15.7 Å². The maximum atomic E-state index is 9.26. The van der Waals surface area contributed by atoms with Gasteiger partial charge in [0, 0.05) is 30.2 Å². The van der Waals surface area contributed by atoms with E-state index in [0.717, 1.165) is 14.7 Å². The molecular weight excluding hydrogens is 701 g/mol. The number of aliphatic carboxylic acids is 1. The van der Waals surface area contributed by atoms with Crippen LogP contribution in [0.5, 0.6) is 34.5 Å². The molecule has 0 heterocycles. The summed E-state index contributed by atoms with van der Waals surface area (Å²) in [6.07, 6.45) is 0.111. The molecule has 0 radical (unpaired) electrons. The largest absolute Gasteiger partial charge is 0.550 e. The highest BCUT2D eigenvalue weighted by atomic mass is 32.2. The fraction of sp³-hybridized carbons (Fsp3) is 0.578. The number of carboxylic acids is 1. The summed E-state index contributed by atoms with van der Waals surface area (Å²) in [5.41, 5.74) is -2.99. The minimum absolute atomic E-state index is 0.111. The first kappa shape index (κ1) is 46.4. The van der Waals surface area contributed by atoms with Crippen molar-refractivity contribution >= 4 is 16.9 Å². The number of rotatable bonds is 10. The highest BCUT2D eigenvalue weighted by molar-refractivity contribution is 7.97. The summed E-state index contributed by atoms with van der Waals surface area (Å²) in [7, 11) is -0.874. The smallest absolute Gasteiger partial charge is 0.250 e. The lowest BCUT2D eigenvalue weighted by molar-refractivity contribution is -0.305. The zero-order chi connectivity index (χ0) is 41.7. The second kappa shape index (κ2) is 17.4. The Labute approximate surface area is 329 Å². The molecule has 0 aliphatic rings. The first-order chi connectivity index (χ1) is 24.3. The molecule has 0 aliphatic heterocycles. The van der Waals surface area contributed by atoms with Crippen LogP contribution < -0.4 is 33.5 Å². The second-order valence-electron chi connectivity index (χ2n) is 19.1. The molecule has 0 unspecified atom stereocenters. The minimum Gasteiger partial charge on any atom is -0.550 e. The standard InChI is InChI=1S/C42H63O6S.C3H6O2/c1-37(2,3)43-28-24-31(45-39(7,8)9)35(32(25-28)46-40(10,11)12)49(30-22-20-19-21-23-30)36-33(47-41(13,14)15)26-29(44-38(4,5)6)27-34(36)48-42(16,17)18;1-2-3(4)5/h19-27H,1-18H3;2H2,1H3,(H,4,5)/q+1;/p-1. The van der Waals surface area contributed by atoms with E-state index in [1.807, 2.05) is 71.9 Å². The summed E-state index contributed by atoms with van der Waals surface area (Å²) >= 11 is 0. The Balaban J connectivity index is 0.00000188. The number of benzene rings is 3. The molecule has 8 nitrogen and oxygen atoms in total. The van der Waals surface area contributed by atoms with Crippen LogP contribution >= 0.6 is 0 Å². The highest BCUT2D eigenvalue weighted by Crippen LogP contribution is 2.53. The summed E-state index contributed by atoms with van der Waals surface area (Å²) < 4.78 is 40.5. The molecule has 0 spiro atoms. The van der Waals surface area contributed by atoms with Crippen LogP contribution in [-0.4, -0.2) is 39.6 Å². The normalized spacial score (nSPS) is 12.7. The van der Waals surface area contributed by atoms with E-state index in [0.29, 0.717) is 34.5 Å². The van der Waals surface area contributed by atoms with Gasteiger partial charge in [-0.25, -0.2) is 0 Å². The van der Waals surface area contributed by atoms with E-state index < -0.39 is 50.5 Å². The van der Waals surface area contributed by atoms with Crippen LogP contribution in [0.3, 0.4) is 0 Å². The Morgan fingerprint density at radius 1 is 0.481 bits per heavy atom. The number of hydrogen-bond donors (Lipinski definition) is 0. The van der Waals surface area contributed by atoms with Gasteiger partial charge in [-0.2, -0.15) is 0 Å². The molecule has 0 saturated heterocycles. The van der Waals surface area contributed by atoms with Crippen molar-refractivity contribution in [1.29, 1.82) is 0 Å². The molecule has 0 N–H and O–H groups in total. The molecular formula is C45H68O8S. The number of carboxylic acid groups (broad SMARTS) is 1. The monoisotopic (exact) mass is 768 g/mol. The van der Waals surface area contributed by atoms with Crippen LogP contribution in [0.15, 0.2) is 69.3 Å². The van der Waals surface area contributed by atoms with E-state index in [2.05, 4.69) is 107 Å². The third-order valence-corrected chi connectivity index (χ3v) is 8.54. The van der Waals surface area contributed by atoms with Gasteiger partial charge in [-0.15, -0.1) is 0 Å². The Kier molecular flexibility index (Phi) is 15.0. The molecule has 0 atom stereocenters. The van der Waals surface area contributed by atoms with Gasteiger partial charge in [-0.05, 0) is 143 Å². The van der Waals surface area contributed by atoms with Crippen LogP contribution in [0, 0.1) is 0 Å². The van der Waals surface area contributed by atoms with Gasteiger partial charge in [-0.3, -0.25) is 0 Å². The molecule has 3 aromatic carbocycles. The molecule has 3 aromatic rings. The van der Waals surface area contributed by atoms with E-state index >= 15 is 0 Å². The van der Waals surface area contributed by atoms with Gasteiger partial charge in [0.2, 0.25) is 0 Å². The van der Waals surface area contributed by atoms with Gasteiger partial charge >= 0.3 is 0 Å². The third kappa shape index (κ3) is 16.7. The van der Waals surface area contributed by atoms with Crippen molar-refractivity contribution in [1.82, 2.24) is 0 Å². The van der Waals surface area contributed by atoms with Gasteiger partial charge < -0.3 is 38.3 Å². The third-order valence-electron chi connectivity index (χ3n) is 6.18. The van der Waals surface area contributed by atoms with Gasteiger partial charge in [0.1, 0.15) is 56.0 Å². The number of hydrogen-bond acceptors (Lipinski definition) is 8. The van der Waals surface area contributed by atoms with E-state index in [-0.39, 0.29) is 6.42 Å². The maximum absolute atomic E-state index is 9.26. The summed E-state index contributed by atoms with van der Waals surface area (Å²) in [4.78, 5) is 12.1. The van der Waals surface area contributed by atoms with Crippen LogP contribution in [0.1, 0.15) is 138 Å². The topological polar surface area (TPSA) is 95.5 Å². The Hall–Kier alpha value is -3.72. The molecule has 302 valence electrons. The lowest BCUT2D eigenvalue weighted by atomic mass is 10.1. The maximum Gasteiger partial charge on any atom is 0.250 e. The summed E-state index contributed by atoms with van der Waals surface area (Å²) in [6, 6.07) is 18.4. The fourth-order valence-electron chi connectivity index (χ4n) is 4.85. The van der Waals surface area contributed by atoms with E-state index in [1.54, 1.807) is 0 Å². The highest BCUT2D eigenvalue weighted by Gasteiger charge is 2.45. The lowest BCUT2D eigenvalue weighted by Gasteiger charge is -2.31. The van der Waals surface area contributed by atoms with Crippen molar-refractivity contribution < 1.29 is 38.3 Å². The molecule has 0 aliphatic carbocycles. The fourth-order valence-corrected chi connectivity index (χ4v) is 7.16. The average Bonchev–Trinajstić information content (AvgIpc) is 2.91. The van der Waals surface area contributed by atoms with Gasteiger partial charge in [0.25, 0.3) is 9.79 Å². The van der Waals surface area contributed by atoms with Crippen molar-refractivity contribution in [3.63, 3.8) is 0 Å². The molecule has 9 heteroatoms. The zero-order valence-corrected chi connectivity index (χ0v) is 37.4. The molecule has 0 bridgehead atoms. The molecule has 0 aromatic heterocycles. The van der Waals surface area contributed by atoms with Gasteiger partial charge in [-0.1, -0.05) is 25.1 Å². The van der Waals surface area contributed by atoms with E-state index in [4.69, 9.17) is 28.4 Å². The van der Waals surface area contributed by atoms with Crippen molar-refractivity contribution in [2.75, 3.05) is 0 Å². The van der Waals surface area contributed by atoms with E-state index in [9.17, 15) is 9.90 Å². The molecule has 54 heavy (non-hydrogen) atoms. The minimum atomic E-state index is -0.995. The SMILES string of the molecule is CC(C)(C)Oc1cc(OC(C)(C)C)c([S+](c2ccccc2)c2c(OC(C)(C)C)cc(OC(C)(C)C)cc2OC(C)(C)C)c(OC(C)(C)C)c1.CCC(=O)[O-]. The summed E-state index contributed by atoms with van der Waals surface area (Å²) in [5.74, 6) is 3.00. The van der Waals surface area contributed by atoms with Crippen LogP contribution in [0.4, 0.5) is 0 Å². The second-order valence-corrected chi connectivity index (χ2v) is 21.0. The summed E-state index contributed by atoms with van der Waals surface area (Å²) in [5, 5.41) is 9.26. The number of ether oxygens (including phenoxy) is 6. The number of carbonyl (C=O) groups excluding carboxylic acids is 1. The van der Waals surface area contributed by atoms with Crippen LogP contribution in [0.2, 0.25) is 0 Å².